The quantitative estimate of drug-likeness (QED) is 0.815. The minimum atomic E-state index is -0.778. The first-order chi connectivity index (χ1) is 10.3. The molecule has 0 radical (unpaired) electrons. The first kappa shape index (κ1) is 16.6. The summed E-state index contributed by atoms with van der Waals surface area (Å²) in [6.45, 7) is 7.63. The summed E-state index contributed by atoms with van der Waals surface area (Å²) in [5.41, 5.74) is 7.78. The molecule has 1 saturated heterocycles. The molecule has 1 atom stereocenters. The minimum absolute atomic E-state index is 0.0303. The van der Waals surface area contributed by atoms with Gasteiger partial charge in [-0.3, -0.25) is 4.79 Å². The molecule has 2 aliphatic rings. The third-order valence-corrected chi connectivity index (χ3v) is 4.67. The molecule has 5 nitrogen and oxygen atoms in total. The zero-order valence-corrected chi connectivity index (χ0v) is 13.7. The van der Waals surface area contributed by atoms with E-state index in [0.717, 1.165) is 12.8 Å². The molecule has 0 aromatic heterocycles. The molecular formula is C17H26N2O3. The maximum absolute atomic E-state index is 12.3. The zero-order valence-electron chi connectivity index (χ0n) is 13.7. The van der Waals surface area contributed by atoms with Crippen molar-refractivity contribution in [1.29, 1.82) is 0 Å². The lowest BCUT2D eigenvalue weighted by atomic mass is 9.72. The largest absolute Gasteiger partial charge is 0.444 e. The second-order valence-corrected chi connectivity index (χ2v) is 6.90. The van der Waals surface area contributed by atoms with Gasteiger partial charge >= 0.3 is 6.09 Å². The van der Waals surface area contributed by atoms with E-state index in [1.54, 1.807) is 11.0 Å². The Bertz CT molecular complexity index is 520. The maximum atomic E-state index is 12.3. The predicted molar refractivity (Wildman–Crippen MR) is 85.1 cm³/mol. The Morgan fingerprint density at radius 2 is 2.14 bits per heavy atom. The summed E-state index contributed by atoms with van der Waals surface area (Å²) < 4.78 is 4.95. The molecule has 122 valence electrons. The molecule has 2 rings (SSSR count). The van der Waals surface area contributed by atoms with Gasteiger partial charge in [-0.2, -0.15) is 0 Å². The van der Waals surface area contributed by atoms with Crippen LogP contribution in [0.15, 0.2) is 23.3 Å². The van der Waals surface area contributed by atoms with Crippen LogP contribution in [0.2, 0.25) is 0 Å². The average molecular weight is 306 g/mol. The van der Waals surface area contributed by atoms with Gasteiger partial charge < -0.3 is 15.4 Å². The summed E-state index contributed by atoms with van der Waals surface area (Å²) in [4.78, 5) is 24.7. The van der Waals surface area contributed by atoms with Gasteiger partial charge in [0.25, 0.3) is 0 Å². The van der Waals surface area contributed by atoms with Gasteiger partial charge in [0.2, 0.25) is 5.91 Å². The van der Waals surface area contributed by atoms with Crippen molar-refractivity contribution in [3.05, 3.63) is 23.3 Å². The molecule has 1 fully saturated rings. The molecular weight excluding hydrogens is 280 g/mol. The van der Waals surface area contributed by atoms with Gasteiger partial charge in [-0.1, -0.05) is 25.5 Å². The number of allylic oxidation sites excluding steroid dienone is 3. The molecule has 22 heavy (non-hydrogen) atoms. The van der Waals surface area contributed by atoms with Crippen molar-refractivity contribution in [2.45, 2.75) is 52.6 Å². The Morgan fingerprint density at radius 1 is 1.41 bits per heavy atom. The van der Waals surface area contributed by atoms with Crippen LogP contribution in [0.3, 0.4) is 0 Å². The highest BCUT2D eigenvalue weighted by Gasteiger charge is 2.29. The fraction of sp³-hybridized carbons (Fsp3) is 0.647. The van der Waals surface area contributed by atoms with Crippen LogP contribution in [0.25, 0.3) is 0 Å². The number of primary amides is 1. The fourth-order valence-electron chi connectivity index (χ4n) is 3.46. The summed E-state index contributed by atoms with van der Waals surface area (Å²) in [7, 11) is 0. The Morgan fingerprint density at radius 3 is 2.77 bits per heavy atom. The Kier molecular flexibility index (Phi) is 4.94. The summed E-state index contributed by atoms with van der Waals surface area (Å²) in [6.07, 6.45) is 6.68. The van der Waals surface area contributed by atoms with E-state index >= 15 is 0 Å². The van der Waals surface area contributed by atoms with E-state index in [1.165, 1.54) is 17.6 Å². The highest BCUT2D eigenvalue weighted by molar-refractivity contribution is 5.88. The highest BCUT2D eigenvalue weighted by Crippen LogP contribution is 2.40. The van der Waals surface area contributed by atoms with Crippen molar-refractivity contribution < 1.29 is 14.3 Å². The number of rotatable bonds is 3. The smallest absolute Gasteiger partial charge is 0.404 e. The monoisotopic (exact) mass is 306 g/mol. The summed E-state index contributed by atoms with van der Waals surface area (Å²) in [6, 6.07) is 0. The van der Waals surface area contributed by atoms with Crippen LogP contribution in [0.5, 0.6) is 0 Å². The molecule has 1 unspecified atom stereocenters. The maximum Gasteiger partial charge on any atom is 0.404 e. The van der Waals surface area contributed by atoms with Gasteiger partial charge in [-0.15, -0.1) is 0 Å². The van der Waals surface area contributed by atoms with Crippen LogP contribution in [-0.2, 0) is 9.53 Å². The number of hydrogen-bond donors (Lipinski definition) is 1. The lowest BCUT2D eigenvalue weighted by Gasteiger charge is -2.32. The molecule has 0 aromatic carbocycles. The molecule has 0 saturated carbocycles. The van der Waals surface area contributed by atoms with Crippen LogP contribution in [0.1, 0.15) is 46.5 Å². The minimum Gasteiger partial charge on any atom is -0.444 e. The summed E-state index contributed by atoms with van der Waals surface area (Å²) >= 11 is 0. The molecule has 1 aliphatic heterocycles. The molecule has 5 heteroatoms. The SMILES string of the molecule is CC1=C(/C=C/C(=O)N2CCC(OC(N)=O)C2)C(C)(C)CCC1. The second kappa shape index (κ2) is 6.55. The van der Waals surface area contributed by atoms with Gasteiger partial charge in [0.1, 0.15) is 6.10 Å². The van der Waals surface area contributed by atoms with Gasteiger partial charge in [0.15, 0.2) is 0 Å². The second-order valence-electron chi connectivity index (χ2n) is 6.90. The zero-order chi connectivity index (χ0) is 16.3. The number of amides is 2. The number of nitrogens with zero attached hydrogens (tertiary/aromatic N) is 1. The van der Waals surface area contributed by atoms with E-state index < -0.39 is 6.09 Å². The number of carbonyl (C=O) groups is 2. The number of likely N-dealkylation sites (tertiary alicyclic amines) is 1. The molecule has 1 heterocycles. The van der Waals surface area contributed by atoms with E-state index in [0.29, 0.717) is 19.5 Å². The van der Waals surface area contributed by atoms with Gasteiger partial charge in [0, 0.05) is 19.0 Å². The predicted octanol–water partition coefficient (Wildman–Crippen LogP) is 2.77. The van der Waals surface area contributed by atoms with E-state index in [4.69, 9.17) is 10.5 Å². The Labute approximate surface area is 132 Å². The standard InChI is InChI=1S/C17H26N2O3/c1-12-5-4-9-17(2,3)14(12)6-7-15(20)19-10-8-13(11-19)22-16(18)21/h6-7,13H,4-5,8-11H2,1-3H3,(H2,18,21)/b7-6+. The summed E-state index contributed by atoms with van der Waals surface area (Å²) in [5, 5.41) is 0. The van der Waals surface area contributed by atoms with Crippen molar-refractivity contribution in [3.8, 4) is 0 Å². The van der Waals surface area contributed by atoms with Crippen LogP contribution >= 0.6 is 0 Å². The fourth-order valence-corrected chi connectivity index (χ4v) is 3.46. The number of nitrogens with two attached hydrogens (primary N) is 1. The van der Waals surface area contributed by atoms with Crippen LogP contribution < -0.4 is 5.73 Å². The normalized spacial score (nSPS) is 24.9. The first-order valence-corrected chi connectivity index (χ1v) is 7.93. The number of hydrogen-bond acceptors (Lipinski definition) is 3. The lowest BCUT2D eigenvalue weighted by Crippen LogP contribution is -2.30. The van der Waals surface area contributed by atoms with E-state index in [9.17, 15) is 9.59 Å². The first-order valence-electron chi connectivity index (χ1n) is 7.93. The molecule has 0 bridgehead atoms. The van der Waals surface area contributed by atoms with Gasteiger partial charge in [0.05, 0.1) is 6.54 Å². The van der Waals surface area contributed by atoms with E-state index in [-0.39, 0.29) is 17.4 Å². The van der Waals surface area contributed by atoms with E-state index in [2.05, 4.69) is 20.8 Å². The van der Waals surface area contributed by atoms with E-state index in [1.807, 2.05) is 6.08 Å². The van der Waals surface area contributed by atoms with Crippen molar-refractivity contribution >= 4 is 12.0 Å². The molecule has 2 N–H and O–H groups in total. The van der Waals surface area contributed by atoms with Crippen LogP contribution in [0.4, 0.5) is 4.79 Å². The topological polar surface area (TPSA) is 72.6 Å². The number of ether oxygens (including phenoxy) is 1. The van der Waals surface area contributed by atoms with Crippen LogP contribution in [0, 0.1) is 5.41 Å². The Hall–Kier alpha value is -1.78. The van der Waals surface area contributed by atoms with Crippen molar-refractivity contribution in [3.63, 3.8) is 0 Å². The van der Waals surface area contributed by atoms with Crippen molar-refractivity contribution in [2.24, 2.45) is 11.1 Å². The average Bonchev–Trinajstić information content (AvgIpc) is 2.84. The molecule has 1 aliphatic carbocycles. The van der Waals surface area contributed by atoms with Crippen LogP contribution in [-0.4, -0.2) is 36.1 Å². The van der Waals surface area contributed by atoms with Gasteiger partial charge in [-0.05, 0) is 37.2 Å². The Balaban J connectivity index is 1.99. The molecule has 2 amide bonds. The number of carbonyl (C=O) groups excluding carboxylic acids is 2. The third kappa shape index (κ3) is 3.90. The van der Waals surface area contributed by atoms with Crippen molar-refractivity contribution in [2.75, 3.05) is 13.1 Å². The third-order valence-electron chi connectivity index (χ3n) is 4.67. The summed E-state index contributed by atoms with van der Waals surface area (Å²) in [5.74, 6) is -0.0303. The molecule has 0 aromatic rings. The van der Waals surface area contributed by atoms with Gasteiger partial charge in [-0.25, -0.2) is 4.79 Å². The highest BCUT2D eigenvalue weighted by atomic mass is 16.6. The molecule has 0 spiro atoms. The van der Waals surface area contributed by atoms with Crippen molar-refractivity contribution in [1.82, 2.24) is 4.90 Å². The lowest BCUT2D eigenvalue weighted by molar-refractivity contribution is -0.125.